The van der Waals surface area contributed by atoms with Gasteiger partial charge in [0.2, 0.25) is 10.0 Å². The largest absolute Gasteiger partial charge is 0.329 e. The average molecular weight is 307 g/mol. The first-order valence-electron chi connectivity index (χ1n) is 6.16. The molecule has 0 bridgehead atoms. The van der Waals surface area contributed by atoms with E-state index >= 15 is 0 Å². The third kappa shape index (κ3) is 5.91. The highest BCUT2D eigenvalue weighted by Gasteiger charge is 2.16. The van der Waals surface area contributed by atoms with Gasteiger partial charge in [-0.25, -0.2) is 13.1 Å². The molecule has 0 radical (unpaired) electrons. The lowest BCUT2D eigenvalue weighted by Gasteiger charge is -2.12. The smallest absolute Gasteiger partial charge is 0.240 e. The Kier molecular flexibility index (Phi) is 7.59. The van der Waals surface area contributed by atoms with E-state index in [1.165, 1.54) is 0 Å². The lowest BCUT2D eigenvalue weighted by Crippen LogP contribution is -2.37. The molecule has 6 heteroatoms. The number of hydrogen-bond donors (Lipinski definition) is 2. The molecule has 0 saturated carbocycles. The van der Waals surface area contributed by atoms with Gasteiger partial charge in [-0.05, 0) is 37.0 Å². The van der Waals surface area contributed by atoms with Crippen LogP contribution in [0.5, 0.6) is 0 Å². The minimum absolute atomic E-state index is 0. The molecule has 0 aliphatic heterocycles. The van der Waals surface area contributed by atoms with Gasteiger partial charge in [-0.15, -0.1) is 12.4 Å². The van der Waals surface area contributed by atoms with Crippen molar-refractivity contribution in [2.45, 2.75) is 38.1 Å². The zero-order valence-electron chi connectivity index (χ0n) is 11.6. The molecule has 0 aliphatic rings. The normalized spacial score (nSPS) is 13.1. The van der Waals surface area contributed by atoms with E-state index in [1.807, 2.05) is 12.1 Å². The van der Waals surface area contributed by atoms with E-state index in [9.17, 15) is 8.42 Å². The molecule has 3 N–H and O–H groups in total. The van der Waals surface area contributed by atoms with Gasteiger partial charge in [-0.2, -0.15) is 0 Å². The SMILES string of the molecule is CC(C)Cc1ccc(S(=O)(=O)N[C@@H](C)CN)cc1.Cl. The van der Waals surface area contributed by atoms with E-state index in [-0.39, 0.29) is 29.9 Å². The Balaban J connectivity index is 0.00000324. The maximum atomic E-state index is 12.0. The molecule has 0 spiro atoms. The second-order valence-corrected chi connectivity index (χ2v) is 6.71. The van der Waals surface area contributed by atoms with Crippen molar-refractivity contribution in [1.82, 2.24) is 4.72 Å². The molecule has 1 rings (SSSR count). The molecule has 4 nitrogen and oxygen atoms in total. The summed E-state index contributed by atoms with van der Waals surface area (Å²) in [5.74, 6) is 0.558. The van der Waals surface area contributed by atoms with Gasteiger partial charge in [0.1, 0.15) is 0 Å². The Morgan fingerprint density at radius 1 is 1.16 bits per heavy atom. The van der Waals surface area contributed by atoms with Crippen molar-refractivity contribution in [1.29, 1.82) is 0 Å². The summed E-state index contributed by atoms with van der Waals surface area (Å²) in [5.41, 5.74) is 6.56. The first-order chi connectivity index (χ1) is 8.35. The number of halogens is 1. The van der Waals surface area contributed by atoms with Gasteiger partial charge < -0.3 is 5.73 Å². The summed E-state index contributed by atoms with van der Waals surface area (Å²) in [7, 11) is -3.45. The number of benzene rings is 1. The molecule has 110 valence electrons. The van der Waals surface area contributed by atoms with Crippen LogP contribution in [0.4, 0.5) is 0 Å². The fourth-order valence-corrected chi connectivity index (χ4v) is 2.91. The first kappa shape index (κ1) is 18.4. The molecule has 19 heavy (non-hydrogen) atoms. The maximum Gasteiger partial charge on any atom is 0.240 e. The Hall–Kier alpha value is -0.620. The molecule has 0 amide bonds. The predicted octanol–water partition coefficient (Wildman–Crippen LogP) is 1.93. The van der Waals surface area contributed by atoms with Crippen molar-refractivity contribution in [3.05, 3.63) is 29.8 Å². The number of sulfonamides is 1. The van der Waals surface area contributed by atoms with E-state index in [2.05, 4.69) is 18.6 Å². The lowest BCUT2D eigenvalue weighted by molar-refractivity contribution is 0.562. The maximum absolute atomic E-state index is 12.0. The summed E-state index contributed by atoms with van der Waals surface area (Å²) in [6, 6.07) is 6.75. The molecule has 0 unspecified atom stereocenters. The summed E-state index contributed by atoms with van der Waals surface area (Å²) in [4.78, 5) is 0.287. The van der Waals surface area contributed by atoms with Crippen molar-refractivity contribution in [3.8, 4) is 0 Å². The number of nitrogens with two attached hydrogens (primary N) is 1. The van der Waals surface area contributed by atoms with Crippen LogP contribution < -0.4 is 10.5 Å². The highest BCUT2D eigenvalue weighted by molar-refractivity contribution is 7.89. The average Bonchev–Trinajstić information content (AvgIpc) is 2.28. The molecule has 0 heterocycles. The third-order valence-electron chi connectivity index (χ3n) is 2.59. The van der Waals surface area contributed by atoms with Crippen LogP contribution in [0.15, 0.2) is 29.2 Å². The summed E-state index contributed by atoms with van der Waals surface area (Å²) in [6.07, 6.45) is 0.951. The Morgan fingerprint density at radius 3 is 2.11 bits per heavy atom. The van der Waals surface area contributed by atoms with Gasteiger partial charge in [0.25, 0.3) is 0 Å². The topological polar surface area (TPSA) is 72.2 Å². The van der Waals surface area contributed by atoms with E-state index in [0.29, 0.717) is 5.92 Å². The Morgan fingerprint density at radius 2 is 1.68 bits per heavy atom. The van der Waals surface area contributed by atoms with Crippen molar-refractivity contribution in [3.63, 3.8) is 0 Å². The van der Waals surface area contributed by atoms with Gasteiger partial charge in [0.05, 0.1) is 4.90 Å². The molecule has 0 aromatic heterocycles. The van der Waals surface area contributed by atoms with Gasteiger partial charge in [0.15, 0.2) is 0 Å². The minimum Gasteiger partial charge on any atom is -0.329 e. The van der Waals surface area contributed by atoms with Crippen LogP contribution >= 0.6 is 12.4 Å². The third-order valence-corrected chi connectivity index (χ3v) is 4.19. The monoisotopic (exact) mass is 306 g/mol. The van der Waals surface area contributed by atoms with Crippen LogP contribution in [0.25, 0.3) is 0 Å². The van der Waals surface area contributed by atoms with Crippen LogP contribution in [-0.2, 0) is 16.4 Å². The summed E-state index contributed by atoms with van der Waals surface area (Å²) >= 11 is 0. The van der Waals surface area contributed by atoms with Gasteiger partial charge in [0, 0.05) is 12.6 Å². The van der Waals surface area contributed by atoms with Gasteiger partial charge >= 0.3 is 0 Å². The van der Waals surface area contributed by atoms with E-state index in [4.69, 9.17) is 5.73 Å². The number of hydrogen-bond acceptors (Lipinski definition) is 3. The van der Waals surface area contributed by atoms with E-state index in [0.717, 1.165) is 12.0 Å². The molecular weight excluding hydrogens is 284 g/mol. The Labute approximate surface area is 122 Å². The van der Waals surface area contributed by atoms with Crippen LogP contribution in [0, 0.1) is 5.92 Å². The summed E-state index contributed by atoms with van der Waals surface area (Å²) < 4.78 is 26.5. The first-order valence-corrected chi connectivity index (χ1v) is 7.65. The fourth-order valence-electron chi connectivity index (χ4n) is 1.66. The van der Waals surface area contributed by atoms with Crippen molar-refractivity contribution >= 4 is 22.4 Å². The van der Waals surface area contributed by atoms with Crippen LogP contribution in [0.3, 0.4) is 0 Å². The molecule has 0 fully saturated rings. The van der Waals surface area contributed by atoms with Crippen LogP contribution in [0.1, 0.15) is 26.3 Å². The second kappa shape index (κ2) is 7.85. The molecule has 0 saturated heterocycles. The number of rotatable bonds is 6. The van der Waals surface area contributed by atoms with E-state index in [1.54, 1.807) is 19.1 Å². The molecule has 1 aromatic rings. The standard InChI is InChI=1S/C13H22N2O2S.ClH/c1-10(2)8-12-4-6-13(7-5-12)18(16,17)15-11(3)9-14;/h4-7,10-11,15H,8-9,14H2,1-3H3;1H/t11-;/m0./s1. The molecule has 1 aromatic carbocycles. The van der Waals surface area contributed by atoms with Crippen molar-refractivity contribution in [2.75, 3.05) is 6.54 Å². The number of nitrogens with one attached hydrogen (secondary N) is 1. The molecular formula is C13H23ClN2O2S. The lowest BCUT2D eigenvalue weighted by atomic mass is 10.0. The summed E-state index contributed by atoms with van der Waals surface area (Å²) in [6.45, 7) is 6.29. The predicted molar refractivity (Wildman–Crippen MR) is 81.1 cm³/mol. The molecule has 1 atom stereocenters. The zero-order valence-corrected chi connectivity index (χ0v) is 13.2. The quantitative estimate of drug-likeness (QED) is 0.843. The van der Waals surface area contributed by atoms with Gasteiger partial charge in [-0.3, -0.25) is 0 Å². The minimum atomic E-state index is -3.45. The summed E-state index contributed by atoms with van der Waals surface area (Å²) in [5, 5.41) is 0. The fraction of sp³-hybridized carbons (Fsp3) is 0.538. The van der Waals surface area contributed by atoms with Crippen LogP contribution in [0.2, 0.25) is 0 Å². The van der Waals surface area contributed by atoms with Crippen molar-refractivity contribution < 1.29 is 8.42 Å². The van der Waals surface area contributed by atoms with Gasteiger partial charge in [-0.1, -0.05) is 26.0 Å². The van der Waals surface area contributed by atoms with E-state index < -0.39 is 10.0 Å². The molecule has 0 aliphatic carbocycles. The second-order valence-electron chi connectivity index (χ2n) is 5.00. The van der Waals surface area contributed by atoms with Crippen molar-refractivity contribution in [2.24, 2.45) is 11.7 Å². The Bertz CT molecular complexity index is 472. The van der Waals surface area contributed by atoms with Crippen LogP contribution in [-0.4, -0.2) is 21.0 Å². The highest BCUT2D eigenvalue weighted by Crippen LogP contribution is 2.13. The zero-order chi connectivity index (χ0) is 13.8. The highest BCUT2D eigenvalue weighted by atomic mass is 35.5.